The van der Waals surface area contributed by atoms with Crippen molar-refractivity contribution in [1.82, 2.24) is 4.90 Å². The topological polar surface area (TPSA) is 49.4 Å². The van der Waals surface area contributed by atoms with E-state index in [2.05, 4.69) is 5.32 Å². The van der Waals surface area contributed by atoms with E-state index in [1.165, 1.54) is 19.2 Å². The minimum absolute atomic E-state index is 0.0994. The number of thiophene rings is 1. The van der Waals surface area contributed by atoms with Gasteiger partial charge in [0.15, 0.2) is 0 Å². The van der Waals surface area contributed by atoms with Crippen molar-refractivity contribution in [2.24, 2.45) is 0 Å². The summed E-state index contributed by atoms with van der Waals surface area (Å²) in [7, 11) is 1.38. The van der Waals surface area contributed by atoms with Crippen LogP contribution >= 0.6 is 22.9 Å². The number of fused-ring (bicyclic) bond motifs is 1. The van der Waals surface area contributed by atoms with Crippen LogP contribution in [0.3, 0.4) is 0 Å². The average Bonchev–Trinajstić information content (AvgIpc) is 2.99. The number of carbonyl (C=O) groups is 2. The zero-order chi connectivity index (χ0) is 22.2. The molecule has 0 saturated carbocycles. The molecule has 2 aromatic carbocycles. The molecule has 0 saturated heterocycles. The number of hydrogen-bond acceptors (Lipinski definition) is 3. The minimum atomic E-state index is -4.67. The molecule has 0 aliphatic heterocycles. The second-order valence-electron chi connectivity index (χ2n) is 6.57. The summed E-state index contributed by atoms with van der Waals surface area (Å²) < 4.78 is 53.5. The lowest BCUT2D eigenvalue weighted by molar-refractivity contribution is -0.137. The van der Waals surface area contributed by atoms with E-state index >= 15 is 0 Å². The molecular weight excluding hydrogens is 444 g/mol. The highest BCUT2D eigenvalue weighted by molar-refractivity contribution is 7.21. The number of alkyl halides is 3. The largest absolute Gasteiger partial charge is 0.417 e. The molecule has 158 valence electrons. The molecule has 30 heavy (non-hydrogen) atoms. The highest BCUT2D eigenvalue weighted by Crippen LogP contribution is 2.36. The number of nitrogens with zero attached hydrogens (tertiary/aromatic N) is 1. The molecule has 1 N–H and O–H groups in total. The molecule has 3 aromatic rings. The molecule has 0 atom stereocenters. The van der Waals surface area contributed by atoms with Crippen molar-refractivity contribution < 1.29 is 27.2 Å². The molecule has 0 aliphatic rings. The molecule has 0 aliphatic carbocycles. The Kier molecular flexibility index (Phi) is 6.05. The first kappa shape index (κ1) is 22.0. The quantitative estimate of drug-likeness (QED) is 0.507. The van der Waals surface area contributed by atoms with Gasteiger partial charge < -0.3 is 10.2 Å². The van der Waals surface area contributed by atoms with Crippen LogP contribution in [0.4, 0.5) is 23.2 Å². The standard InChI is InChI=1S/C20H15ClF4N2O2S/c1-10-17-14(22)4-3-5-15(17)30-18(10)19(29)27(2)9-16(28)26-11-6-7-13(21)12(8-11)20(23,24)25/h3-8H,9H2,1-2H3,(H,26,28). The second kappa shape index (κ2) is 8.23. The molecule has 1 aromatic heterocycles. The Labute approximate surface area is 178 Å². The van der Waals surface area contributed by atoms with Gasteiger partial charge in [0.05, 0.1) is 22.0 Å². The fourth-order valence-electron chi connectivity index (χ4n) is 2.94. The van der Waals surface area contributed by atoms with Gasteiger partial charge in [-0.1, -0.05) is 17.7 Å². The molecule has 0 bridgehead atoms. The van der Waals surface area contributed by atoms with Gasteiger partial charge in [0.1, 0.15) is 5.82 Å². The monoisotopic (exact) mass is 458 g/mol. The number of likely N-dealkylation sites (N-methyl/N-ethyl adjacent to an activating group) is 1. The summed E-state index contributed by atoms with van der Waals surface area (Å²) in [4.78, 5) is 26.4. The molecule has 0 unspecified atom stereocenters. The fraction of sp³-hybridized carbons (Fsp3) is 0.200. The number of benzene rings is 2. The Morgan fingerprint density at radius 1 is 1.20 bits per heavy atom. The van der Waals surface area contributed by atoms with Crippen molar-refractivity contribution in [3.63, 3.8) is 0 Å². The fourth-order valence-corrected chi connectivity index (χ4v) is 4.38. The lowest BCUT2D eigenvalue weighted by Crippen LogP contribution is -2.34. The van der Waals surface area contributed by atoms with E-state index < -0.39 is 40.9 Å². The first-order valence-electron chi connectivity index (χ1n) is 8.58. The highest BCUT2D eigenvalue weighted by atomic mass is 35.5. The van der Waals surface area contributed by atoms with Crippen LogP contribution in [0.5, 0.6) is 0 Å². The number of anilines is 1. The van der Waals surface area contributed by atoms with E-state index in [4.69, 9.17) is 11.6 Å². The first-order valence-corrected chi connectivity index (χ1v) is 9.78. The van der Waals surface area contributed by atoms with Crippen LogP contribution in [0.2, 0.25) is 5.02 Å². The molecule has 10 heteroatoms. The number of nitrogens with one attached hydrogen (secondary N) is 1. The van der Waals surface area contributed by atoms with Gasteiger partial charge in [-0.15, -0.1) is 11.3 Å². The molecule has 0 spiro atoms. The number of halogens is 5. The first-order chi connectivity index (χ1) is 14.0. The van der Waals surface area contributed by atoms with Gasteiger partial charge in [0, 0.05) is 22.8 Å². The van der Waals surface area contributed by atoms with Crippen LogP contribution in [0, 0.1) is 12.7 Å². The maximum absolute atomic E-state index is 14.1. The van der Waals surface area contributed by atoms with E-state index in [0.717, 1.165) is 28.4 Å². The van der Waals surface area contributed by atoms with Crippen molar-refractivity contribution >= 4 is 50.5 Å². The summed E-state index contributed by atoms with van der Waals surface area (Å²) in [6, 6.07) is 7.52. The lowest BCUT2D eigenvalue weighted by atomic mass is 10.1. The smallest absolute Gasteiger partial charge is 0.332 e. The van der Waals surface area contributed by atoms with E-state index in [0.29, 0.717) is 15.6 Å². The van der Waals surface area contributed by atoms with Gasteiger partial charge in [-0.25, -0.2) is 4.39 Å². The number of hydrogen-bond donors (Lipinski definition) is 1. The summed E-state index contributed by atoms with van der Waals surface area (Å²) in [5, 5.41) is 2.19. The van der Waals surface area contributed by atoms with Gasteiger partial charge in [-0.3, -0.25) is 9.59 Å². The normalized spacial score (nSPS) is 11.6. The Morgan fingerprint density at radius 3 is 2.53 bits per heavy atom. The number of amides is 2. The molecule has 0 radical (unpaired) electrons. The number of rotatable bonds is 4. The Bertz CT molecular complexity index is 1140. The van der Waals surface area contributed by atoms with Crippen molar-refractivity contribution in [3.8, 4) is 0 Å². The predicted octanol–water partition coefficient (Wildman–Crippen LogP) is 5.73. The summed E-state index contributed by atoms with van der Waals surface area (Å²) in [6.45, 7) is 1.22. The van der Waals surface area contributed by atoms with E-state index in [9.17, 15) is 27.2 Å². The summed E-state index contributed by atoms with van der Waals surface area (Å²) in [5.41, 5.74) is -0.704. The van der Waals surface area contributed by atoms with E-state index in [-0.39, 0.29) is 10.6 Å². The number of carbonyl (C=O) groups excluding carboxylic acids is 2. The second-order valence-corrected chi connectivity index (χ2v) is 8.03. The maximum Gasteiger partial charge on any atom is 0.417 e. The van der Waals surface area contributed by atoms with E-state index in [1.807, 2.05) is 0 Å². The van der Waals surface area contributed by atoms with Gasteiger partial charge in [0.25, 0.3) is 5.91 Å². The predicted molar refractivity (Wildman–Crippen MR) is 109 cm³/mol. The molecule has 2 amide bonds. The third-order valence-electron chi connectivity index (χ3n) is 4.38. The molecule has 0 fully saturated rings. The van der Waals surface area contributed by atoms with Crippen LogP contribution in [-0.4, -0.2) is 30.3 Å². The molecule has 1 heterocycles. The van der Waals surface area contributed by atoms with Crippen molar-refractivity contribution in [3.05, 3.63) is 63.2 Å². The van der Waals surface area contributed by atoms with Crippen LogP contribution in [0.1, 0.15) is 20.8 Å². The SMILES string of the molecule is Cc1c(C(=O)N(C)CC(=O)Nc2ccc(Cl)c(C(F)(F)F)c2)sc2cccc(F)c12. The van der Waals surface area contributed by atoms with Crippen LogP contribution in [0.25, 0.3) is 10.1 Å². The number of aryl methyl sites for hydroxylation is 1. The van der Waals surface area contributed by atoms with Crippen LogP contribution < -0.4 is 5.32 Å². The zero-order valence-corrected chi connectivity index (χ0v) is 17.3. The summed E-state index contributed by atoms with van der Waals surface area (Å²) in [5.74, 6) is -1.62. The van der Waals surface area contributed by atoms with Gasteiger partial charge in [0.2, 0.25) is 5.91 Å². The van der Waals surface area contributed by atoms with Crippen molar-refractivity contribution in [1.29, 1.82) is 0 Å². The van der Waals surface area contributed by atoms with Gasteiger partial charge >= 0.3 is 6.18 Å². The zero-order valence-electron chi connectivity index (χ0n) is 15.7. The van der Waals surface area contributed by atoms with Crippen LogP contribution in [0.15, 0.2) is 36.4 Å². The Hall–Kier alpha value is -2.65. The van der Waals surface area contributed by atoms with Crippen LogP contribution in [-0.2, 0) is 11.0 Å². The third kappa shape index (κ3) is 4.41. The Morgan fingerprint density at radius 2 is 1.90 bits per heavy atom. The molecule has 3 rings (SSSR count). The van der Waals surface area contributed by atoms with Crippen molar-refractivity contribution in [2.45, 2.75) is 13.1 Å². The summed E-state index contributed by atoms with van der Waals surface area (Å²) in [6.07, 6.45) is -4.67. The highest BCUT2D eigenvalue weighted by Gasteiger charge is 2.33. The minimum Gasteiger partial charge on any atom is -0.332 e. The summed E-state index contributed by atoms with van der Waals surface area (Å²) >= 11 is 6.67. The van der Waals surface area contributed by atoms with E-state index in [1.54, 1.807) is 19.1 Å². The Balaban J connectivity index is 1.74. The van der Waals surface area contributed by atoms with Gasteiger partial charge in [-0.2, -0.15) is 13.2 Å². The molecular formula is C20H15ClF4N2O2S. The molecule has 4 nitrogen and oxygen atoms in total. The maximum atomic E-state index is 14.1. The third-order valence-corrected chi connectivity index (χ3v) is 5.95. The average molecular weight is 459 g/mol. The van der Waals surface area contributed by atoms with Gasteiger partial charge in [-0.05, 0) is 42.8 Å². The van der Waals surface area contributed by atoms with Crippen molar-refractivity contribution in [2.75, 3.05) is 18.9 Å². The lowest BCUT2D eigenvalue weighted by Gasteiger charge is -2.17.